The molecular formula is C16H15Cl2N3O4S. The lowest BCUT2D eigenvalue weighted by Crippen LogP contribution is -2.38. The summed E-state index contributed by atoms with van der Waals surface area (Å²) >= 11 is 12.1. The number of rotatable bonds is 6. The van der Waals surface area contributed by atoms with E-state index in [2.05, 4.69) is 5.32 Å². The normalized spacial score (nSPS) is 11.0. The molecule has 0 radical (unpaired) electrons. The second-order valence-electron chi connectivity index (χ2n) is 5.26. The highest BCUT2D eigenvalue weighted by molar-refractivity contribution is 7.92. The zero-order valence-electron chi connectivity index (χ0n) is 13.6. The molecule has 0 heterocycles. The van der Waals surface area contributed by atoms with Gasteiger partial charge in [-0.2, -0.15) is 0 Å². The van der Waals surface area contributed by atoms with Gasteiger partial charge in [0, 0.05) is 12.6 Å². The smallest absolute Gasteiger partial charge is 0.264 e. The Labute approximate surface area is 160 Å². The van der Waals surface area contributed by atoms with Gasteiger partial charge < -0.3 is 11.1 Å². The number of carbonyl (C=O) groups is 2. The highest BCUT2D eigenvalue weighted by Crippen LogP contribution is 2.35. The molecule has 2 rings (SSSR count). The van der Waals surface area contributed by atoms with Gasteiger partial charge in [-0.25, -0.2) is 8.42 Å². The SMILES string of the molecule is CC(=O)Nc1ccc(S(=O)(=O)N(CC(N)=O)c2cccc(Cl)c2Cl)cc1. The molecule has 0 aliphatic heterocycles. The summed E-state index contributed by atoms with van der Waals surface area (Å²) in [7, 11) is -4.16. The summed E-state index contributed by atoms with van der Waals surface area (Å²) < 4.78 is 26.8. The average Bonchev–Trinajstić information content (AvgIpc) is 2.55. The van der Waals surface area contributed by atoms with Crippen LogP contribution in [0.4, 0.5) is 11.4 Å². The number of halogens is 2. The van der Waals surface area contributed by atoms with Crippen LogP contribution < -0.4 is 15.4 Å². The van der Waals surface area contributed by atoms with Crippen LogP contribution in [0.25, 0.3) is 0 Å². The van der Waals surface area contributed by atoms with Gasteiger partial charge >= 0.3 is 0 Å². The fourth-order valence-corrected chi connectivity index (χ4v) is 4.06. The van der Waals surface area contributed by atoms with Gasteiger partial charge in [-0.15, -0.1) is 0 Å². The van der Waals surface area contributed by atoms with Crippen LogP contribution in [-0.4, -0.2) is 26.8 Å². The Hall–Kier alpha value is -2.29. The van der Waals surface area contributed by atoms with E-state index >= 15 is 0 Å². The number of hydrogen-bond donors (Lipinski definition) is 2. The number of anilines is 2. The Morgan fingerprint density at radius 2 is 1.73 bits per heavy atom. The lowest BCUT2D eigenvalue weighted by atomic mass is 10.3. The molecular weight excluding hydrogens is 401 g/mol. The van der Waals surface area contributed by atoms with Crippen LogP contribution in [0.5, 0.6) is 0 Å². The van der Waals surface area contributed by atoms with Gasteiger partial charge in [0.25, 0.3) is 10.0 Å². The van der Waals surface area contributed by atoms with Gasteiger partial charge in [0.1, 0.15) is 6.54 Å². The van der Waals surface area contributed by atoms with Crippen molar-refractivity contribution in [1.29, 1.82) is 0 Å². The van der Waals surface area contributed by atoms with Crippen molar-refractivity contribution in [2.75, 3.05) is 16.2 Å². The average molecular weight is 416 g/mol. The molecule has 26 heavy (non-hydrogen) atoms. The van der Waals surface area contributed by atoms with E-state index in [0.29, 0.717) is 5.69 Å². The van der Waals surface area contributed by atoms with Gasteiger partial charge in [-0.3, -0.25) is 13.9 Å². The van der Waals surface area contributed by atoms with Crippen LogP contribution in [-0.2, 0) is 19.6 Å². The van der Waals surface area contributed by atoms with Crippen molar-refractivity contribution >= 4 is 56.4 Å². The maximum Gasteiger partial charge on any atom is 0.264 e. The second-order valence-corrected chi connectivity index (χ2v) is 7.90. The van der Waals surface area contributed by atoms with Crippen LogP contribution in [0.3, 0.4) is 0 Å². The van der Waals surface area contributed by atoms with E-state index in [1.165, 1.54) is 49.4 Å². The van der Waals surface area contributed by atoms with Gasteiger partial charge in [-0.05, 0) is 36.4 Å². The summed E-state index contributed by atoms with van der Waals surface area (Å²) in [5, 5.41) is 2.65. The molecule has 0 spiro atoms. The third-order valence-corrected chi connectivity index (χ3v) is 5.84. The van der Waals surface area contributed by atoms with Crippen molar-refractivity contribution in [1.82, 2.24) is 0 Å². The maximum atomic E-state index is 13.0. The number of nitrogens with two attached hydrogens (primary N) is 1. The van der Waals surface area contributed by atoms with Crippen molar-refractivity contribution in [2.24, 2.45) is 5.73 Å². The predicted octanol–water partition coefficient (Wildman–Crippen LogP) is 2.63. The molecule has 138 valence electrons. The predicted molar refractivity (Wildman–Crippen MR) is 101 cm³/mol. The van der Waals surface area contributed by atoms with E-state index in [1.54, 1.807) is 0 Å². The lowest BCUT2D eigenvalue weighted by molar-refractivity contribution is -0.116. The summed E-state index contributed by atoms with van der Waals surface area (Å²) in [5.74, 6) is -1.15. The molecule has 0 atom stereocenters. The number of carbonyl (C=O) groups excluding carboxylic acids is 2. The number of nitrogens with zero attached hydrogens (tertiary/aromatic N) is 1. The largest absolute Gasteiger partial charge is 0.368 e. The van der Waals surface area contributed by atoms with E-state index in [-0.39, 0.29) is 26.5 Å². The zero-order valence-corrected chi connectivity index (χ0v) is 15.9. The molecule has 0 aliphatic carbocycles. The fourth-order valence-electron chi connectivity index (χ4n) is 2.17. The molecule has 0 saturated heterocycles. The van der Waals surface area contributed by atoms with Crippen molar-refractivity contribution < 1.29 is 18.0 Å². The Balaban J connectivity index is 2.51. The molecule has 0 aromatic heterocycles. The number of amides is 2. The number of primary amides is 1. The molecule has 0 unspecified atom stereocenters. The van der Waals surface area contributed by atoms with Crippen LogP contribution in [0.15, 0.2) is 47.4 Å². The molecule has 2 aromatic rings. The van der Waals surface area contributed by atoms with Crippen LogP contribution >= 0.6 is 23.2 Å². The zero-order chi connectivity index (χ0) is 19.5. The quantitative estimate of drug-likeness (QED) is 0.755. The minimum absolute atomic E-state index is 0.0196. The van der Waals surface area contributed by atoms with Gasteiger partial charge in [0.05, 0.1) is 20.6 Å². The second kappa shape index (κ2) is 7.94. The number of nitrogens with one attached hydrogen (secondary N) is 1. The molecule has 0 saturated carbocycles. The van der Waals surface area contributed by atoms with Gasteiger partial charge in [-0.1, -0.05) is 29.3 Å². The van der Waals surface area contributed by atoms with E-state index in [9.17, 15) is 18.0 Å². The topological polar surface area (TPSA) is 110 Å². The summed E-state index contributed by atoms with van der Waals surface area (Å²) in [6, 6.07) is 9.87. The lowest BCUT2D eigenvalue weighted by Gasteiger charge is -2.24. The van der Waals surface area contributed by atoms with Crippen molar-refractivity contribution in [3.63, 3.8) is 0 Å². The number of hydrogen-bond acceptors (Lipinski definition) is 4. The van der Waals surface area contributed by atoms with Gasteiger partial charge in [0.15, 0.2) is 0 Å². The van der Waals surface area contributed by atoms with Crippen LogP contribution in [0.1, 0.15) is 6.92 Å². The van der Waals surface area contributed by atoms with Crippen molar-refractivity contribution in [3.8, 4) is 0 Å². The first-order chi connectivity index (χ1) is 12.1. The molecule has 3 N–H and O–H groups in total. The van der Waals surface area contributed by atoms with E-state index in [4.69, 9.17) is 28.9 Å². The Morgan fingerprint density at radius 3 is 2.27 bits per heavy atom. The molecule has 7 nitrogen and oxygen atoms in total. The van der Waals surface area contributed by atoms with Crippen LogP contribution in [0, 0.1) is 0 Å². The number of benzene rings is 2. The molecule has 10 heteroatoms. The molecule has 0 aliphatic rings. The molecule has 2 amide bonds. The minimum atomic E-state index is -4.16. The first-order valence-corrected chi connectivity index (χ1v) is 9.45. The van der Waals surface area contributed by atoms with Crippen molar-refractivity contribution in [3.05, 3.63) is 52.5 Å². The monoisotopic (exact) mass is 415 g/mol. The first-order valence-electron chi connectivity index (χ1n) is 7.25. The maximum absolute atomic E-state index is 13.0. The molecule has 0 bridgehead atoms. The summed E-state index contributed by atoms with van der Waals surface area (Å²) in [6.07, 6.45) is 0. The fraction of sp³-hybridized carbons (Fsp3) is 0.125. The first kappa shape index (κ1) is 20.0. The van der Waals surface area contributed by atoms with Gasteiger partial charge in [0.2, 0.25) is 11.8 Å². The van der Waals surface area contributed by atoms with E-state index < -0.39 is 22.5 Å². The standard InChI is InChI=1S/C16H15Cl2N3O4S/c1-10(22)20-11-5-7-12(8-6-11)26(24,25)21(9-15(19)23)14-4-2-3-13(17)16(14)18/h2-8H,9H2,1H3,(H2,19,23)(H,20,22). The van der Waals surface area contributed by atoms with Crippen LogP contribution in [0.2, 0.25) is 10.0 Å². The Bertz CT molecular complexity index is 946. The molecule has 0 fully saturated rings. The van der Waals surface area contributed by atoms with Crippen molar-refractivity contribution in [2.45, 2.75) is 11.8 Å². The van der Waals surface area contributed by atoms with E-state index in [1.807, 2.05) is 0 Å². The Morgan fingerprint density at radius 1 is 1.12 bits per heavy atom. The minimum Gasteiger partial charge on any atom is -0.368 e. The summed E-state index contributed by atoms with van der Waals surface area (Å²) in [4.78, 5) is 22.4. The highest BCUT2D eigenvalue weighted by atomic mass is 35.5. The van der Waals surface area contributed by atoms with E-state index in [0.717, 1.165) is 4.31 Å². The highest BCUT2D eigenvalue weighted by Gasteiger charge is 2.28. The summed E-state index contributed by atoms with van der Waals surface area (Å²) in [6.45, 7) is 0.718. The third kappa shape index (κ3) is 4.46. The number of sulfonamides is 1. The summed E-state index contributed by atoms with van der Waals surface area (Å²) in [5.41, 5.74) is 5.66. The molecule has 2 aromatic carbocycles. The Kier molecular flexibility index (Phi) is 6.12. The third-order valence-electron chi connectivity index (χ3n) is 3.26.